The Balaban J connectivity index is 4.24. The number of hydrogen-bond acceptors (Lipinski definition) is 9. The summed E-state index contributed by atoms with van der Waals surface area (Å²) in [4.78, 5) is 35.0. The first kappa shape index (κ1) is 57.4. The molecule has 0 aromatic heterocycles. The molecule has 0 saturated carbocycles. The summed E-state index contributed by atoms with van der Waals surface area (Å²) in [6, 6.07) is 0. The minimum atomic E-state index is -4.64. The highest BCUT2D eigenvalue weighted by Gasteiger charge is 2.27. The lowest BCUT2D eigenvalue weighted by Gasteiger charge is -2.20. The fourth-order valence-electron chi connectivity index (χ4n) is 6.97. The molecule has 0 spiro atoms. The highest BCUT2D eigenvalue weighted by atomic mass is 31.2. The number of unbranched alkanes of at least 4 members (excludes halogenated alkanes) is 31. The van der Waals surface area contributed by atoms with Gasteiger partial charge in [0.05, 0.1) is 19.8 Å². The van der Waals surface area contributed by atoms with Crippen LogP contribution in [-0.4, -0.2) is 65.7 Å². The molecule has 0 aliphatic rings. The number of aliphatic hydroxyl groups is 2. The zero-order chi connectivity index (χ0) is 43.3. The van der Waals surface area contributed by atoms with Crippen LogP contribution in [0.25, 0.3) is 0 Å². The number of phosphoric acid groups is 1. The number of aliphatic hydroxyl groups excluding tert-OH is 2. The standard InChI is InChI=1S/C48H91O10P/c1-3-5-7-9-11-13-15-17-19-20-21-22-23-24-26-28-30-32-34-36-38-40-48(52)58-46(44-57-59(53,54)56-42-45(50)41-49)43-55-47(51)39-37-35-33-31-29-27-25-18-16-14-12-10-8-6-4-2/h33,35,37,39,45-46,49-50H,3-32,34,36,38,40-44H2,1-2H3,(H,53,54)/b35-33+,39-37+/t45-,46+/m0/s1. The van der Waals surface area contributed by atoms with Crippen molar-refractivity contribution < 1.29 is 47.8 Å². The molecule has 0 amide bonds. The number of allylic oxidation sites excluding steroid dienone is 3. The predicted octanol–water partition coefficient (Wildman–Crippen LogP) is 13.3. The topological polar surface area (TPSA) is 149 Å². The highest BCUT2D eigenvalue weighted by Crippen LogP contribution is 2.43. The summed E-state index contributed by atoms with van der Waals surface area (Å²) in [7, 11) is -4.64. The Bertz CT molecular complexity index is 1040. The SMILES string of the molecule is CCCCCCCCCCCCC/C=C/C=C/C(=O)OC[C@H](COP(=O)(O)OC[C@@H](O)CO)OC(=O)CCCCCCCCCCCCCCCCCCCCCCC. The molecule has 0 rings (SSSR count). The van der Waals surface area contributed by atoms with Crippen molar-refractivity contribution in [1.82, 2.24) is 0 Å². The average molecular weight is 859 g/mol. The first-order chi connectivity index (χ1) is 28.7. The van der Waals surface area contributed by atoms with E-state index in [0.717, 1.165) is 32.1 Å². The quantitative estimate of drug-likeness (QED) is 0.0177. The monoisotopic (exact) mass is 859 g/mol. The van der Waals surface area contributed by atoms with Crippen LogP contribution in [0.1, 0.15) is 232 Å². The Morgan fingerprint density at radius 3 is 1.36 bits per heavy atom. The highest BCUT2D eigenvalue weighted by molar-refractivity contribution is 7.47. The van der Waals surface area contributed by atoms with E-state index in [1.807, 2.05) is 6.08 Å². The van der Waals surface area contributed by atoms with E-state index in [9.17, 15) is 24.2 Å². The van der Waals surface area contributed by atoms with Crippen molar-refractivity contribution in [3.63, 3.8) is 0 Å². The van der Waals surface area contributed by atoms with Crippen molar-refractivity contribution in [3.05, 3.63) is 24.3 Å². The Kier molecular flexibility index (Phi) is 43.3. The second kappa shape index (κ2) is 44.5. The van der Waals surface area contributed by atoms with Crippen LogP contribution in [0.4, 0.5) is 0 Å². The molecule has 0 fully saturated rings. The number of esters is 2. The van der Waals surface area contributed by atoms with Gasteiger partial charge in [0.1, 0.15) is 12.7 Å². The molecule has 0 radical (unpaired) electrons. The number of ether oxygens (including phenoxy) is 2. The van der Waals surface area contributed by atoms with Gasteiger partial charge in [-0.05, 0) is 19.3 Å². The maximum Gasteiger partial charge on any atom is 0.472 e. The van der Waals surface area contributed by atoms with Gasteiger partial charge in [-0.25, -0.2) is 9.36 Å². The lowest BCUT2D eigenvalue weighted by molar-refractivity contribution is -0.159. The maximum atomic E-state index is 12.6. The molecule has 1 unspecified atom stereocenters. The fourth-order valence-corrected chi connectivity index (χ4v) is 7.76. The van der Waals surface area contributed by atoms with Crippen molar-refractivity contribution >= 4 is 19.8 Å². The zero-order valence-corrected chi connectivity index (χ0v) is 38.9. The Labute approximate surface area is 361 Å². The van der Waals surface area contributed by atoms with Gasteiger partial charge in [-0.1, -0.05) is 225 Å². The van der Waals surface area contributed by atoms with Crippen LogP contribution < -0.4 is 0 Å². The molecule has 59 heavy (non-hydrogen) atoms. The first-order valence-electron chi connectivity index (χ1n) is 24.3. The van der Waals surface area contributed by atoms with Crippen LogP contribution in [0.5, 0.6) is 0 Å². The van der Waals surface area contributed by atoms with Crippen LogP contribution in [-0.2, 0) is 32.7 Å². The number of rotatable bonds is 46. The molecule has 348 valence electrons. The molecule has 3 atom stereocenters. The number of carbonyl (C=O) groups excluding carboxylic acids is 2. The molecule has 0 heterocycles. The lowest BCUT2D eigenvalue weighted by atomic mass is 10.0. The molecule has 0 saturated heterocycles. The molecule has 0 aliphatic carbocycles. The summed E-state index contributed by atoms with van der Waals surface area (Å²) in [5.41, 5.74) is 0. The van der Waals surface area contributed by atoms with Crippen LogP contribution in [0.3, 0.4) is 0 Å². The molecule has 0 aromatic carbocycles. The molecule has 0 aromatic rings. The van der Waals surface area contributed by atoms with Crippen molar-refractivity contribution in [2.75, 3.05) is 26.4 Å². The fraction of sp³-hybridized carbons (Fsp3) is 0.875. The van der Waals surface area contributed by atoms with Crippen molar-refractivity contribution in [3.8, 4) is 0 Å². The summed E-state index contributed by atoms with van der Waals surface area (Å²) < 4.78 is 32.6. The molecule has 0 aliphatic heterocycles. The summed E-state index contributed by atoms with van der Waals surface area (Å²) in [6.45, 7) is 2.30. The largest absolute Gasteiger partial charge is 0.472 e. The van der Waals surface area contributed by atoms with Gasteiger partial charge >= 0.3 is 19.8 Å². The summed E-state index contributed by atoms with van der Waals surface area (Å²) in [5.74, 6) is -1.16. The Morgan fingerprint density at radius 1 is 0.542 bits per heavy atom. The molecular formula is C48H91O10P. The molecule has 11 heteroatoms. The smallest absolute Gasteiger partial charge is 0.458 e. The predicted molar refractivity (Wildman–Crippen MR) is 242 cm³/mol. The van der Waals surface area contributed by atoms with E-state index in [-0.39, 0.29) is 13.0 Å². The van der Waals surface area contributed by atoms with Gasteiger partial charge in [0.25, 0.3) is 0 Å². The normalized spacial score (nSPS) is 13.9. The van der Waals surface area contributed by atoms with Crippen molar-refractivity contribution in [2.45, 2.75) is 244 Å². The van der Waals surface area contributed by atoms with E-state index in [4.69, 9.17) is 19.1 Å². The van der Waals surface area contributed by atoms with E-state index in [0.29, 0.717) is 6.42 Å². The van der Waals surface area contributed by atoms with E-state index >= 15 is 0 Å². The number of hydrogen-bond donors (Lipinski definition) is 3. The third-order valence-electron chi connectivity index (χ3n) is 10.7. The Morgan fingerprint density at radius 2 is 0.932 bits per heavy atom. The summed E-state index contributed by atoms with van der Waals surface area (Å²) in [6.07, 6.45) is 46.4. The van der Waals surface area contributed by atoms with Crippen LogP contribution >= 0.6 is 7.82 Å². The number of carbonyl (C=O) groups is 2. The van der Waals surface area contributed by atoms with E-state index in [2.05, 4.69) is 18.4 Å². The van der Waals surface area contributed by atoms with Crippen molar-refractivity contribution in [2.24, 2.45) is 0 Å². The summed E-state index contributed by atoms with van der Waals surface area (Å²) in [5, 5.41) is 18.4. The Hall–Kier alpha value is -1.55. The van der Waals surface area contributed by atoms with Gasteiger partial charge in [0, 0.05) is 12.5 Å². The molecule has 10 nitrogen and oxygen atoms in total. The van der Waals surface area contributed by atoms with Gasteiger partial charge in [0.2, 0.25) is 0 Å². The van der Waals surface area contributed by atoms with E-state index in [1.54, 1.807) is 12.2 Å². The van der Waals surface area contributed by atoms with Gasteiger partial charge in [-0.15, -0.1) is 0 Å². The second-order valence-corrected chi connectivity index (χ2v) is 18.0. The van der Waals surface area contributed by atoms with Crippen LogP contribution in [0.2, 0.25) is 0 Å². The molecule has 0 bridgehead atoms. The second-order valence-electron chi connectivity index (χ2n) is 16.6. The third kappa shape index (κ3) is 44.3. The minimum absolute atomic E-state index is 0.170. The van der Waals surface area contributed by atoms with Gasteiger partial charge < -0.3 is 24.6 Å². The van der Waals surface area contributed by atoms with Gasteiger partial charge in [0.15, 0.2) is 6.10 Å². The summed E-state index contributed by atoms with van der Waals surface area (Å²) >= 11 is 0. The van der Waals surface area contributed by atoms with Crippen LogP contribution in [0, 0.1) is 0 Å². The minimum Gasteiger partial charge on any atom is -0.458 e. The van der Waals surface area contributed by atoms with Crippen molar-refractivity contribution in [1.29, 1.82) is 0 Å². The van der Waals surface area contributed by atoms with E-state index in [1.165, 1.54) is 179 Å². The van der Waals surface area contributed by atoms with E-state index < -0.39 is 51.8 Å². The first-order valence-corrected chi connectivity index (χ1v) is 25.8. The number of phosphoric ester groups is 1. The lowest BCUT2D eigenvalue weighted by Crippen LogP contribution is -2.29. The molecule has 3 N–H and O–H groups in total. The van der Waals surface area contributed by atoms with Crippen LogP contribution in [0.15, 0.2) is 24.3 Å². The zero-order valence-electron chi connectivity index (χ0n) is 38.0. The third-order valence-corrected chi connectivity index (χ3v) is 11.7. The maximum absolute atomic E-state index is 12.6. The van der Waals surface area contributed by atoms with Gasteiger partial charge in [-0.2, -0.15) is 0 Å². The molecular weight excluding hydrogens is 767 g/mol. The van der Waals surface area contributed by atoms with Gasteiger partial charge in [-0.3, -0.25) is 13.8 Å². The average Bonchev–Trinajstić information content (AvgIpc) is 3.22.